The fraction of sp³-hybridized carbons (Fsp3) is 0.235. The van der Waals surface area contributed by atoms with Crippen LogP contribution in [0.1, 0.15) is 13.3 Å². The second-order valence-corrected chi connectivity index (χ2v) is 5.56. The lowest BCUT2D eigenvalue weighted by Gasteiger charge is -2.09. The van der Waals surface area contributed by atoms with Crippen LogP contribution in [0.3, 0.4) is 0 Å². The Kier molecular flexibility index (Phi) is 4.54. The molecule has 0 aliphatic heterocycles. The molecule has 0 atom stereocenters. The summed E-state index contributed by atoms with van der Waals surface area (Å²) in [7, 11) is 0. The molecule has 0 saturated carbocycles. The fourth-order valence-electron chi connectivity index (χ4n) is 2.40. The monoisotopic (exact) mass is 366 g/mol. The minimum absolute atomic E-state index is 0.0809. The molecule has 0 aliphatic carbocycles. The maximum Gasteiger partial charge on any atom is 0.573 e. The van der Waals surface area contributed by atoms with Crippen molar-refractivity contribution >= 4 is 17.0 Å². The van der Waals surface area contributed by atoms with E-state index in [0.29, 0.717) is 11.3 Å². The number of hydrogen-bond acceptors (Lipinski definition) is 5. The average Bonchev–Trinajstić information content (AvgIpc) is 2.86. The van der Waals surface area contributed by atoms with Crippen molar-refractivity contribution < 1.29 is 27.1 Å². The predicted molar refractivity (Wildman–Crippen MR) is 85.7 cm³/mol. The summed E-state index contributed by atoms with van der Waals surface area (Å²) in [4.78, 5) is 27.4. The Bertz CT molecular complexity index is 1000. The van der Waals surface area contributed by atoms with Crippen LogP contribution in [-0.2, 0) is 11.3 Å². The molecule has 26 heavy (non-hydrogen) atoms. The Morgan fingerprint density at radius 1 is 1.19 bits per heavy atom. The molecule has 0 amide bonds. The van der Waals surface area contributed by atoms with Gasteiger partial charge in [0.2, 0.25) is 0 Å². The van der Waals surface area contributed by atoms with Crippen LogP contribution in [0.25, 0.3) is 22.5 Å². The van der Waals surface area contributed by atoms with E-state index in [4.69, 9.17) is 4.42 Å². The van der Waals surface area contributed by atoms with Crippen LogP contribution in [-0.4, -0.2) is 21.7 Å². The van der Waals surface area contributed by atoms with E-state index in [2.05, 4.69) is 9.72 Å². The average molecular weight is 366 g/mol. The van der Waals surface area contributed by atoms with Gasteiger partial charge in [0.15, 0.2) is 11.2 Å². The van der Waals surface area contributed by atoms with Crippen LogP contribution in [0.15, 0.2) is 45.6 Å². The molecule has 2 heterocycles. The molecule has 0 bridgehead atoms. The number of alkyl halides is 3. The van der Waals surface area contributed by atoms with Crippen LogP contribution in [0.5, 0.6) is 5.75 Å². The second-order valence-electron chi connectivity index (χ2n) is 5.56. The van der Waals surface area contributed by atoms with Crippen LogP contribution >= 0.6 is 0 Å². The highest BCUT2D eigenvalue weighted by molar-refractivity contribution is 5.76. The van der Waals surface area contributed by atoms with E-state index < -0.39 is 12.1 Å². The van der Waals surface area contributed by atoms with Gasteiger partial charge in [0, 0.05) is 18.5 Å². The molecule has 0 N–H and O–H groups in total. The molecular weight excluding hydrogens is 353 g/mol. The number of rotatable bonds is 5. The number of halogens is 3. The van der Waals surface area contributed by atoms with Gasteiger partial charge in [0.1, 0.15) is 11.5 Å². The molecule has 136 valence electrons. The number of oxazole rings is 1. The lowest BCUT2D eigenvalue weighted by atomic mass is 10.1. The van der Waals surface area contributed by atoms with Crippen LogP contribution in [0.4, 0.5) is 13.2 Å². The SMILES string of the molecule is CC(=O)CCn1c(=O)oc2ccc(-c3ccc(OC(F)(F)F)cc3)nc21. The summed E-state index contributed by atoms with van der Waals surface area (Å²) in [6.07, 6.45) is -4.60. The second kappa shape index (κ2) is 6.66. The highest BCUT2D eigenvalue weighted by Crippen LogP contribution is 2.26. The fourth-order valence-corrected chi connectivity index (χ4v) is 2.40. The molecule has 2 aromatic heterocycles. The molecule has 0 unspecified atom stereocenters. The highest BCUT2D eigenvalue weighted by atomic mass is 19.4. The molecule has 0 radical (unpaired) electrons. The maximum absolute atomic E-state index is 12.2. The van der Waals surface area contributed by atoms with Gasteiger partial charge in [-0.3, -0.25) is 9.36 Å². The zero-order valence-electron chi connectivity index (χ0n) is 13.5. The van der Waals surface area contributed by atoms with E-state index >= 15 is 0 Å². The van der Waals surface area contributed by atoms with E-state index in [0.717, 1.165) is 0 Å². The van der Waals surface area contributed by atoms with E-state index in [-0.39, 0.29) is 35.7 Å². The number of pyridine rings is 1. The lowest BCUT2D eigenvalue weighted by molar-refractivity contribution is -0.274. The number of Topliss-reactive ketones (excluding diaryl/α,β-unsaturated/α-hetero) is 1. The number of ketones is 1. The summed E-state index contributed by atoms with van der Waals surface area (Å²) in [5, 5.41) is 0. The topological polar surface area (TPSA) is 74.3 Å². The standard InChI is InChI=1S/C17H13F3N2O4/c1-10(23)8-9-22-15-14(25-16(22)24)7-6-13(21-15)11-2-4-12(5-3-11)26-17(18,19)20/h2-7H,8-9H2,1H3. The number of carbonyl (C=O) groups is 1. The molecule has 6 nitrogen and oxygen atoms in total. The Morgan fingerprint density at radius 3 is 2.50 bits per heavy atom. The highest BCUT2D eigenvalue weighted by Gasteiger charge is 2.31. The van der Waals surface area contributed by atoms with Gasteiger partial charge in [-0.1, -0.05) is 0 Å². The summed E-state index contributed by atoms with van der Waals surface area (Å²) in [6, 6.07) is 8.32. The van der Waals surface area contributed by atoms with Crippen molar-refractivity contribution in [3.8, 4) is 17.0 Å². The largest absolute Gasteiger partial charge is 0.573 e. The number of fused-ring (bicyclic) bond motifs is 1. The quantitative estimate of drug-likeness (QED) is 0.691. The Labute approximate surface area is 144 Å². The normalized spacial score (nSPS) is 11.7. The third-order valence-electron chi connectivity index (χ3n) is 3.58. The number of aromatic nitrogens is 2. The van der Waals surface area contributed by atoms with E-state index in [1.54, 1.807) is 12.1 Å². The Morgan fingerprint density at radius 2 is 1.88 bits per heavy atom. The predicted octanol–water partition coefficient (Wildman–Crippen LogP) is 3.53. The first kappa shape index (κ1) is 17.7. The zero-order valence-corrected chi connectivity index (χ0v) is 13.5. The third kappa shape index (κ3) is 3.93. The number of benzene rings is 1. The molecule has 0 fully saturated rings. The summed E-state index contributed by atoms with van der Waals surface area (Å²) >= 11 is 0. The zero-order chi connectivity index (χ0) is 18.9. The minimum Gasteiger partial charge on any atom is -0.406 e. The van der Waals surface area contributed by atoms with Crippen molar-refractivity contribution in [3.63, 3.8) is 0 Å². The van der Waals surface area contributed by atoms with Gasteiger partial charge < -0.3 is 9.15 Å². The number of aryl methyl sites for hydroxylation is 1. The number of nitrogens with zero attached hydrogens (tertiary/aromatic N) is 2. The minimum atomic E-state index is -4.76. The lowest BCUT2D eigenvalue weighted by Crippen LogP contribution is -2.17. The summed E-state index contributed by atoms with van der Waals surface area (Å²) in [5.74, 6) is -1.05. The summed E-state index contributed by atoms with van der Waals surface area (Å²) in [6.45, 7) is 1.55. The first-order chi connectivity index (χ1) is 12.2. The number of hydrogen-bond donors (Lipinski definition) is 0. The number of carbonyl (C=O) groups excluding carboxylic acids is 1. The van der Waals surface area contributed by atoms with Gasteiger partial charge in [-0.15, -0.1) is 13.2 Å². The van der Waals surface area contributed by atoms with Crippen molar-refractivity contribution in [3.05, 3.63) is 46.9 Å². The van der Waals surface area contributed by atoms with Crippen LogP contribution in [0, 0.1) is 0 Å². The molecule has 0 spiro atoms. The molecule has 3 aromatic rings. The van der Waals surface area contributed by atoms with Gasteiger partial charge in [-0.2, -0.15) is 0 Å². The van der Waals surface area contributed by atoms with Gasteiger partial charge in [-0.05, 0) is 43.3 Å². The van der Waals surface area contributed by atoms with E-state index in [1.807, 2.05) is 0 Å². The van der Waals surface area contributed by atoms with Gasteiger partial charge in [0.05, 0.1) is 5.69 Å². The molecule has 9 heteroatoms. The van der Waals surface area contributed by atoms with Gasteiger partial charge in [-0.25, -0.2) is 9.78 Å². The van der Waals surface area contributed by atoms with Crippen molar-refractivity contribution in [2.75, 3.05) is 0 Å². The van der Waals surface area contributed by atoms with Gasteiger partial charge in [0.25, 0.3) is 0 Å². The molecule has 3 rings (SSSR count). The van der Waals surface area contributed by atoms with Crippen molar-refractivity contribution in [2.45, 2.75) is 26.3 Å². The van der Waals surface area contributed by atoms with Crippen molar-refractivity contribution in [2.24, 2.45) is 0 Å². The first-order valence-electron chi connectivity index (χ1n) is 7.59. The smallest absolute Gasteiger partial charge is 0.406 e. The summed E-state index contributed by atoms with van der Waals surface area (Å²) < 4.78 is 46.8. The van der Waals surface area contributed by atoms with Crippen LogP contribution in [0.2, 0.25) is 0 Å². The summed E-state index contributed by atoms with van der Waals surface area (Å²) in [5.41, 5.74) is 1.50. The van der Waals surface area contributed by atoms with Crippen molar-refractivity contribution in [1.82, 2.24) is 9.55 Å². The maximum atomic E-state index is 12.2. The Hall–Kier alpha value is -3.10. The Balaban J connectivity index is 1.94. The molecular formula is C17H13F3N2O4. The van der Waals surface area contributed by atoms with Crippen molar-refractivity contribution in [1.29, 1.82) is 0 Å². The van der Waals surface area contributed by atoms with Gasteiger partial charge >= 0.3 is 12.1 Å². The first-order valence-corrected chi connectivity index (χ1v) is 7.59. The molecule has 1 aromatic carbocycles. The third-order valence-corrected chi connectivity index (χ3v) is 3.58. The van der Waals surface area contributed by atoms with E-state index in [9.17, 15) is 22.8 Å². The van der Waals surface area contributed by atoms with Crippen LogP contribution < -0.4 is 10.5 Å². The molecule has 0 aliphatic rings. The van der Waals surface area contributed by atoms with E-state index in [1.165, 1.54) is 35.8 Å². The number of ether oxygens (including phenoxy) is 1. The molecule has 0 saturated heterocycles.